The second-order valence-corrected chi connectivity index (χ2v) is 5.06. The first kappa shape index (κ1) is 12.9. The summed E-state index contributed by atoms with van der Waals surface area (Å²) >= 11 is 0. The topological polar surface area (TPSA) is 25.0 Å². The fourth-order valence-corrected chi connectivity index (χ4v) is 2.60. The molecule has 0 aliphatic carbocycles. The van der Waals surface area contributed by atoms with Crippen LogP contribution < -0.4 is 0 Å². The van der Waals surface area contributed by atoms with Gasteiger partial charge in [-0.1, -0.05) is 48.5 Å². The third kappa shape index (κ3) is 2.75. The van der Waals surface area contributed by atoms with Crippen LogP contribution in [0.3, 0.4) is 0 Å². The minimum absolute atomic E-state index is 0.683. The van der Waals surface area contributed by atoms with Gasteiger partial charge in [0.25, 0.3) is 0 Å². The molecule has 102 valence electrons. The molecule has 0 spiro atoms. The molecule has 0 unspecified atom stereocenters. The highest BCUT2D eigenvalue weighted by Gasteiger charge is 2.07. The highest BCUT2D eigenvalue weighted by molar-refractivity contribution is 5.84. The van der Waals surface area contributed by atoms with Crippen LogP contribution >= 0.6 is 0 Å². The van der Waals surface area contributed by atoms with Gasteiger partial charge in [0.15, 0.2) is 0 Å². The number of rotatable bonds is 5. The standard InChI is InChI=1S/C18H19NO/c1-14-16(17-9-5-6-10-18(17)19-14)11-12-20-13-15-7-3-2-4-8-15/h2-10,19H,11-13H2,1H3. The van der Waals surface area contributed by atoms with E-state index in [9.17, 15) is 0 Å². The monoisotopic (exact) mass is 265 g/mol. The number of para-hydroxylation sites is 1. The molecular weight excluding hydrogens is 246 g/mol. The van der Waals surface area contributed by atoms with Crippen molar-refractivity contribution in [1.82, 2.24) is 4.98 Å². The highest BCUT2D eigenvalue weighted by atomic mass is 16.5. The molecule has 3 rings (SSSR count). The zero-order valence-electron chi connectivity index (χ0n) is 11.7. The molecule has 1 aromatic heterocycles. The van der Waals surface area contributed by atoms with Crippen LogP contribution in [0.2, 0.25) is 0 Å². The largest absolute Gasteiger partial charge is 0.376 e. The molecule has 0 bridgehead atoms. The second kappa shape index (κ2) is 5.93. The first-order valence-corrected chi connectivity index (χ1v) is 7.02. The molecule has 0 saturated carbocycles. The summed E-state index contributed by atoms with van der Waals surface area (Å²) in [6, 6.07) is 18.7. The van der Waals surface area contributed by atoms with E-state index in [0.717, 1.165) is 13.0 Å². The second-order valence-electron chi connectivity index (χ2n) is 5.06. The predicted octanol–water partition coefficient (Wildman–Crippen LogP) is 4.24. The van der Waals surface area contributed by atoms with Crippen molar-refractivity contribution in [1.29, 1.82) is 0 Å². The number of nitrogens with one attached hydrogen (secondary N) is 1. The van der Waals surface area contributed by atoms with Gasteiger partial charge in [-0.15, -0.1) is 0 Å². The van der Waals surface area contributed by atoms with Gasteiger partial charge in [-0.05, 0) is 30.5 Å². The molecular formula is C18H19NO. The molecule has 2 aromatic carbocycles. The van der Waals surface area contributed by atoms with Crippen LogP contribution in [-0.4, -0.2) is 11.6 Å². The summed E-state index contributed by atoms with van der Waals surface area (Å²) in [7, 11) is 0. The van der Waals surface area contributed by atoms with Crippen molar-refractivity contribution >= 4 is 10.9 Å². The summed E-state index contributed by atoms with van der Waals surface area (Å²) < 4.78 is 5.78. The van der Waals surface area contributed by atoms with E-state index in [-0.39, 0.29) is 0 Å². The van der Waals surface area contributed by atoms with Gasteiger partial charge in [-0.2, -0.15) is 0 Å². The van der Waals surface area contributed by atoms with E-state index in [1.807, 2.05) is 18.2 Å². The van der Waals surface area contributed by atoms with E-state index < -0.39 is 0 Å². The number of hydrogen-bond acceptors (Lipinski definition) is 1. The Kier molecular flexibility index (Phi) is 3.84. The number of H-pyrrole nitrogens is 1. The number of hydrogen-bond donors (Lipinski definition) is 1. The SMILES string of the molecule is Cc1[nH]c2ccccc2c1CCOCc1ccccc1. The Morgan fingerprint density at radius 1 is 0.950 bits per heavy atom. The summed E-state index contributed by atoms with van der Waals surface area (Å²) in [5.41, 5.74) is 5.05. The molecule has 0 atom stereocenters. The third-order valence-corrected chi connectivity index (χ3v) is 3.63. The van der Waals surface area contributed by atoms with Crippen molar-refractivity contribution in [3.8, 4) is 0 Å². The molecule has 2 heteroatoms. The van der Waals surface area contributed by atoms with Crippen LogP contribution in [0.1, 0.15) is 16.8 Å². The maximum Gasteiger partial charge on any atom is 0.0717 e. The van der Waals surface area contributed by atoms with Crippen molar-refractivity contribution in [3.63, 3.8) is 0 Å². The lowest BCUT2D eigenvalue weighted by Crippen LogP contribution is -1.99. The van der Waals surface area contributed by atoms with E-state index in [1.165, 1.54) is 27.7 Å². The quantitative estimate of drug-likeness (QED) is 0.686. The average molecular weight is 265 g/mol. The molecule has 20 heavy (non-hydrogen) atoms. The van der Waals surface area contributed by atoms with Crippen molar-refractivity contribution in [2.45, 2.75) is 20.0 Å². The lowest BCUT2D eigenvalue weighted by atomic mass is 10.1. The van der Waals surface area contributed by atoms with E-state index >= 15 is 0 Å². The van der Waals surface area contributed by atoms with Crippen LogP contribution in [0, 0.1) is 6.92 Å². The van der Waals surface area contributed by atoms with Crippen molar-refractivity contribution in [2.75, 3.05) is 6.61 Å². The molecule has 0 aliphatic rings. The van der Waals surface area contributed by atoms with Gasteiger partial charge in [0, 0.05) is 16.6 Å². The predicted molar refractivity (Wildman–Crippen MR) is 82.8 cm³/mol. The van der Waals surface area contributed by atoms with Gasteiger partial charge < -0.3 is 9.72 Å². The van der Waals surface area contributed by atoms with E-state index in [2.05, 4.69) is 48.3 Å². The van der Waals surface area contributed by atoms with Crippen LogP contribution in [0.25, 0.3) is 10.9 Å². The molecule has 0 amide bonds. The Morgan fingerprint density at radius 3 is 2.55 bits per heavy atom. The van der Waals surface area contributed by atoms with E-state index in [0.29, 0.717) is 6.61 Å². The van der Waals surface area contributed by atoms with Crippen molar-refractivity contribution < 1.29 is 4.74 Å². The summed E-state index contributed by atoms with van der Waals surface area (Å²) in [5, 5.41) is 1.31. The highest BCUT2D eigenvalue weighted by Crippen LogP contribution is 2.22. The molecule has 2 nitrogen and oxygen atoms in total. The van der Waals surface area contributed by atoms with Gasteiger partial charge in [0.1, 0.15) is 0 Å². The molecule has 0 fully saturated rings. The van der Waals surface area contributed by atoms with Crippen molar-refractivity contribution in [2.24, 2.45) is 0 Å². The van der Waals surface area contributed by atoms with Gasteiger partial charge >= 0.3 is 0 Å². The maximum atomic E-state index is 5.78. The number of aromatic amines is 1. The summed E-state index contributed by atoms with van der Waals surface area (Å²) in [4.78, 5) is 3.43. The smallest absolute Gasteiger partial charge is 0.0717 e. The van der Waals surface area contributed by atoms with Gasteiger partial charge in [0.05, 0.1) is 13.2 Å². The average Bonchev–Trinajstić information content (AvgIpc) is 2.80. The van der Waals surface area contributed by atoms with E-state index in [4.69, 9.17) is 4.74 Å². The number of ether oxygens (including phenoxy) is 1. The van der Waals surface area contributed by atoms with Crippen LogP contribution in [0.15, 0.2) is 54.6 Å². The molecule has 1 heterocycles. The number of benzene rings is 2. The van der Waals surface area contributed by atoms with Crippen LogP contribution in [-0.2, 0) is 17.8 Å². The molecule has 0 radical (unpaired) electrons. The van der Waals surface area contributed by atoms with Gasteiger partial charge in [0.2, 0.25) is 0 Å². The lowest BCUT2D eigenvalue weighted by Gasteiger charge is -2.05. The number of aryl methyl sites for hydroxylation is 1. The Morgan fingerprint density at radius 2 is 1.70 bits per heavy atom. The zero-order valence-corrected chi connectivity index (χ0v) is 11.7. The van der Waals surface area contributed by atoms with E-state index in [1.54, 1.807) is 0 Å². The molecule has 0 aliphatic heterocycles. The summed E-state index contributed by atoms with van der Waals surface area (Å²) in [6.45, 7) is 3.56. The summed E-state index contributed by atoms with van der Waals surface area (Å²) in [5.74, 6) is 0. The minimum atomic E-state index is 0.683. The summed E-state index contributed by atoms with van der Waals surface area (Å²) in [6.07, 6.45) is 0.947. The lowest BCUT2D eigenvalue weighted by molar-refractivity contribution is 0.124. The molecule has 1 N–H and O–H groups in total. The Bertz CT molecular complexity index is 685. The van der Waals surface area contributed by atoms with Crippen LogP contribution in [0.4, 0.5) is 0 Å². The number of fused-ring (bicyclic) bond motifs is 1. The Balaban J connectivity index is 1.61. The normalized spacial score (nSPS) is 11.1. The number of aromatic nitrogens is 1. The van der Waals surface area contributed by atoms with Crippen molar-refractivity contribution in [3.05, 3.63) is 71.4 Å². The first-order chi connectivity index (χ1) is 9.84. The van der Waals surface area contributed by atoms with Gasteiger partial charge in [-0.3, -0.25) is 0 Å². The third-order valence-electron chi connectivity index (χ3n) is 3.63. The Labute approximate surface area is 119 Å². The fraction of sp³-hybridized carbons (Fsp3) is 0.222. The molecule has 0 saturated heterocycles. The van der Waals surface area contributed by atoms with Crippen LogP contribution in [0.5, 0.6) is 0 Å². The molecule has 3 aromatic rings. The first-order valence-electron chi connectivity index (χ1n) is 7.02. The zero-order chi connectivity index (χ0) is 13.8. The minimum Gasteiger partial charge on any atom is -0.376 e. The fourth-order valence-electron chi connectivity index (χ4n) is 2.60. The Hall–Kier alpha value is -2.06. The maximum absolute atomic E-state index is 5.78. The van der Waals surface area contributed by atoms with Gasteiger partial charge in [-0.25, -0.2) is 0 Å².